The van der Waals surface area contributed by atoms with Gasteiger partial charge < -0.3 is 35.8 Å². The highest BCUT2D eigenvalue weighted by Crippen LogP contribution is 2.34. The molecule has 0 unspecified atom stereocenters. The van der Waals surface area contributed by atoms with Crippen LogP contribution in [-0.2, 0) is 11.2 Å². The average molecular weight is 386 g/mol. The first kappa shape index (κ1) is 19.0. The SMILES string of the molecule is C[C@H]1O[C@@H](c2ccc(N)c(Cc3ccc4c(c3)NCCO4)c2)[C@H](O)[C@@H](O)[C@@H]1O. The van der Waals surface area contributed by atoms with Crippen molar-refractivity contribution in [3.63, 3.8) is 0 Å². The van der Waals surface area contributed by atoms with Gasteiger partial charge in [0, 0.05) is 12.2 Å². The predicted molar refractivity (Wildman–Crippen MR) is 105 cm³/mol. The summed E-state index contributed by atoms with van der Waals surface area (Å²) in [6.07, 6.45) is -4.31. The van der Waals surface area contributed by atoms with Crippen molar-refractivity contribution in [2.24, 2.45) is 0 Å². The van der Waals surface area contributed by atoms with Crippen molar-refractivity contribution >= 4 is 11.4 Å². The van der Waals surface area contributed by atoms with Crippen molar-refractivity contribution < 1.29 is 24.8 Å². The highest BCUT2D eigenvalue weighted by atomic mass is 16.5. The standard InChI is InChI=1S/C21H26N2O5/c1-11-18(24)19(25)20(26)21(28-11)13-3-4-15(22)14(10-13)8-12-2-5-17-16(9-12)23-6-7-27-17/h2-5,9-11,18-21,23-26H,6-8,22H2,1H3/t11-,18-,19+,20-,21+/m1/s1. The highest BCUT2D eigenvalue weighted by molar-refractivity contribution is 5.60. The Hall–Kier alpha value is -2.32. The fraction of sp³-hybridized carbons (Fsp3) is 0.429. The summed E-state index contributed by atoms with van der Waals surface area (Å²) in [5, 5.41) is 33.7. The molecular weight excluding hydrogens is 360 g/mol. The zero-order valence-electron chi connectivity index (χ0n) is 15.7. The molecule has 7 nitrogen and oxygen atoms in total. The summed E-state index contributed by atoms with van der Waals surface area (Å²) in [6.45, 7) is 3.11. The molecule has 2 heterocycles. The monoisotopic (exact) mass is 386 g/mol. The van der Waals surface area contributed by atoms with Gasteiger partial charge in [0.2, 0.25) is 0 Å². The summed E-state index contributed by atoms with van der Waals surface area (Å²) in [5.74, 6) is 0.844. The van der Waals surface area contributed by atoms with Crippen molar-refractivity contribution in [3.05, 3.63) is 53.1 Å². The molecule has 150 valence electrons. The number of anilines is 2. The highest BCUT2D eigenvalue weighted by Gasteiger charge is 2.42. The van der Waals surface area contributed by atoms with Crippen LogP contribution in [0, 0.1) is 0 Å². The molecule has 6 N–H and O–H groups in total. The Bertz CT molecular complexity index is 859. The van der Waals surface area contributed by atoms with E-state index in [9.17, 15) is 15.3 Å². The normalized spacial score (nSPS) is 29.5. The third kappa shape index (κ3) is 3.54. The summed E-state index contributed by atoms with van der Waals surface area (Å²) in [7, 11) is 0. The number of fused-ring (bicyclic) bond motifs is 1. The Morgan fingerprint density at radius 1 is 1.07 bits per heavy atom. The van der Waals surface area contributed by atoms with Crippen LogP contribution in [0.3, 0.4) is 0 Å². The van der Waals surface area contributed by atoms with Crippen LogP contribution in [-0.4, -0.2) is 52.9 Å². The molecule has 0 aromatic heterocycles. The molecule has 0 spiro atoms. The zero-order valence-corrected chi connectivity index (χ0v) is 15.7. The van der Waals surface area contributed by atoms with Crippen molar-refractivity contribution in [3.8, 4) is 5.75 Å². The van der Waals surface area contributed by atoms with Crippen molar-refractivity contribution in [1.82, 2.24) is 0 Å². The van der Waals surface area contributed by atoms with E-state index in [0.717, 1.165) is 29.1 Å². The van der Waals surface area contributed by atoms with Crippen molar-refractivity contribution in [2.75, 3.05) is 24.2 Å². The van der Waals surface area contributed by atoms with Gasteiger partial charge in [0.25, 0.3) is 0 Å². The first-order valence-corrected chi connectivity index (χ1v) is 9.51. The van der Waals surface area contributed by atoms with Gasteiger partial charge in [-0.3, -0.25) is 0 Å². The minimum atomic E-state index is -1.26. The van der Waals surface area contributed by atoms with Gasteiger partial charge in [0.05, 0.1) is 11.8 Å². The van der Waals surface area contributed by atoms with Gasteiger partial charge in [-0.1, -0.05) is 18.2 Å². The quantitative estimate of drug-likeness (QED) is 0.503. The number of aliphatic hydroxyl groups is 3. The Labute approximate surface area is 163 Å². The van der Waals surface area contributed by atoms with E-state index in [1.54, 1.807) is 19.1 Å². The largest absolute Gasteiger partial charge is 0.490 e. The first-order chi connectivity index (χ1) is 13.4. The molecule has 2 aliphatic heterocycles. The number of aliphatic hydroxyl groups excluding tert-OH is 3. The van der Waals surface area contributed by atoms with E-state index in [-0.39, 0.29) is 0 Å². The number of hydrogen-bond donors (Lipinski definition) is 5. The summed E-state index contributed by atoms with van der Waals surface area (Å²) in [5.41, 5.74) is 10.5. The molecule has 2 aromatic carbocycles. The smallest absolute Gasteiger partial charge is 0.142 e. The molecule has 5 atom stereocenters. The maximum Gasteiger partial charge on any atom is 0.142 e. The topological polar surface area (TPSA) is 117 Å². The number of nitrogen functional groups attached to an aromatic ring is 1. The number of hydrogen-bond acceptors (Lipinski definition) is 7. The van der Waals surface area contributed by atoms with Crippen LogP contribution in [0.1, 0.15) is 29.7 Å². The van der Waals surface area contributed by atoms with Crippen molar-refractivity contribution in [2.45, 2.75) is 43.9 Å². The molecule has 0 amide bonds. The van der Waals surface area contributed by atoms with Crippen LogP contribution in [0.4, 0.5) is 11.4 Å². The van der Waals surface area contributed by atoms with E-state index < -0.39 is 30.5 Å². The van der Waals surface area contributed by atoms with Gasteiger partial charge in [-0.05, 0) is 48.2 Å². The molecule has 0 saturated carbocycles. The molecule has 1 fully saturated rings. The van der Waals surface area contributed by atoms with Crippen molar-refractivity contribution in [1.29, 1.82) is 0 Å². The number of rotatable bonds is 3. The van der Waals surface area contributed by atoms with Crippen LogP contribution >= 0.6 is 0 Å². The number of ether oxygens (including phenoxy) is 2. The van der Waals surface area contributed by atoms with Crippen LogP contribution in [0.5, 0.6) is 5.75 Å². The molecule has 0 aliphatic carbocycles. The van der Waals surface area contributed by atoms with Gasteiger partial charge in [-0.25, -0.2) is 0 Å². The second kappa shape index (κ2) is 7.60. The van der Waals surface area contributed by atoms with E-state index in [0.29, 0.717) is 24.3 Å². The molecule has 2 aliphatic rings. The van der Waals surface area contributed by atoms with Gasteiger partial charge in [-0.2, -0.15) is 0 Å². The minimum absolute atomic E-state index is 0.587. The summed E-state index contributed by atoms with van der Waals surface area (Å²) in [6, 6.07) is 11.5. The lowest BCUT2D eigenvalue weighted by Gasteiger charge is -2.39. The molecule has 2 aromatic rings. The number of nitrogens with one attached hydrogen (secondary N) is 1. The lowest BCUT2D eigenvalue weighted by Crippen LogP contribution is -2.53. The Morgan fingerprint density at radius 3 is 2.71 bits per heavy atom. The van der Waals surface area contributed by atoms with Crippen LogP contribution in [0.15, 0.2) is 36.4 Å². The maximum absolute atomic E-state index is 10.4. The fourth-order valence-corrected chi connectivity index (χ4v) is 3.80. The van der Waals surface area contributed by atoms with Crippen LogP contribution in [0.25, 0.3) is 0 Å². The first-order valence-electron chi connectivity index (χ1n) is 9.51. The van der Waals surface area contributed by atoms with E-state index >= 15 is 0 Å². The van der Waals surface area contributed by atoms with E-state index in [1.165, 1.54) is 0 Å². The lowest BCUT2D eigenvalue weighted by atomic mass is 9.90. The maximum atomic E-state index is 10.4. The zero-order chi connectivity index (χ0) is 19.8. The number of nitrogens with two attached hydrogens (primary N) is 1. The summed E-state index contributed by atoms with van der Waals surface area (Å²) >= 11 is 0. The molecule has 1 saturated heterocycles. The Balaban J connectivity index is 1.59. The average Bonchev–Trinajstić information content (AvgIpc) is 2.71. The third-order valence-electron chi connectivity index (χ3n) is 5.46. The second-order valence-corrected chi connectivity index (χ2v) is 7.47. The fourth-order valence-electron chi connectivity index (χ4n) is 3.80. The van der Waals surface area contributed by atoms with Gasteiger partial charge in [0.15, 0.2) is 0 Å². The van der Waals surface area contributed by atoms with E-state index in [2.05, 4.69) is 11.4 Å². The Kier molecular flexibility index (Phi) is 5.16. The van der Waals surface area contributed by atoms with E-state index in [1.807, 2.05) is 18.2 Å². The van der Waals surface area contributed by atoms with Crippen LogP contribution < -0.4 is 15.8 Å². The van der Waals surface area contributed by atoms with Gasteiger partial charge in [0.1, 0.15) is 36.8 Å². The second-order valence-electron chi connectivity index (χ2n) is 7.47. The molecule has 7 heteroatoms. The summed E-state index contributed by atoms with van der Waals surface area (Å²) < 4.78 is 11.4. The predicted octanol–water partition coefficient (Wildman–Crippen LogP) is 1.21. The Morgan fingerprint density at radius 2 is 1.89 bits per heavy atom. The molecule has 0 bridgehead atoms. The lowest BCUT2D eigenvalue weighted by molar-refractivity contribution is -0.219. The molecule has 4 rings (SSSR count). The third-order valence-corrected chi connectivity index (χ3v) is 5.46. The van der Waals surface area contributed by atoms with Gasteiger partial charge in [-0.15, -0.1) is 0 Å². The van der Waals surface area contributed by atoms with Crippen LogP contribution in [0.2, 0.25) is 0 Å². The summed E-state index contributed by atoms with van der Waals surface area (Å²) in [4.78, 5) is 0. The minimum Gasteiger partial charge on any atom is -0.490 e. The number of benzene rings is 2. The molecule has 0 radical (unpaired) electrons. The molecule has 28 heavy (non-hydrogen) atoms. The van der Waals surface area contributed by atoms with E-state index in [4.69, 9.17) is 15.2 Å². The molecular formula is C21H26N2O5. The van der Waals surface area contributed by atoms with Gasteiger partial charge >= 0.3 is 0 Å².